The minimum absolute atomic E-state index is 0.0120. The van der Waals surface area contributed by atoms with Crippen LogP contribution in [0.2, 0.25) is 0 Å². The van der Waals surface area contributed by atoms with Gasteiger partial charge in [-0.15, -0.1) is 0 Å². The Hall–Kier alpha value is -0.790. The van der Waals surface area contributed by atoms with E-state index in [1.807, 2.05) is 6.92 Å². The summed E-state index contributed by atoms with van der Waals surface area (Å²) in [5.41, 5.74) is 2.79. The molecule has 0 saturated heterocycles. The number of esters is 1. The standard InChI is InChI=1S/C14H20O2/c1-8-10-7-13(2,3)5-9-6-14(9,4)11(10)12(15)16-8/h8-9H,5-7H2,1-4H3. The molecule has 2 heteroatoms. The summed E-state index contributed by atoms with van der Waals surface area (Å²) in [5.74, 6) is 0.665. The van der Waals surface area contributed by atoms with Gasteiger partial charge in [-0.1, -0.05) is 20.8 Å². The number of hydrogen-bond acceptors (Lipinski definition) is 2. The fourth-order valence-electron chi connectivity index (χ4n) is 3.77. The highest BCUT2D eigenvalue weighted by molar-refractivity contribution is 5.94. The molecule has 16 heavy (non-hydrogen) atoms. The van der Waals surface area contributed by atoms with Crippen molar-refractivity contribution in [1.82, 2.24) is 0 Å². The van der Waals surface area contributed by atoms with E-state index in [2.05, 4.69) is 20.8 Å². The van der Waals surface area contributed by atoms with Crippen LogP contribution in [0.5, 0.6) is 0 Å². The van der Waals surface area contributed by atoms with Crippen LogP contribution in [0.1, 0.15) is 47.0 Å². The molecule has 88 valence electrons. The second-order valence-corrected chi connectivity index (χ2v) is 6.81. The quantitative estimate of drug-likeness (QED) is 0.586. The Kier molecular flexibility index (Phi) is 1.76. The summed E-state index contributed by atoms with van der Waals surface area (Å²) >= 11 is 0. The van der Waals surface area contributed by atoms with Crippen LogP contribution in [0.25, 0.3) is 0 Å². The SMILES string of the molecule is CC1OC(=O)C2=C1CC(C)(C)CC1CC21C. The number of carbonyl (C=O) groups excluding carboxylic acids is 1. The van der Waals surface area contributed by atoms with Gasteiger partial charge in [0.15, 0.2) is 0 Å². The van der Waals surface area contributed by atoms with Crippen LogP contribution in [0.3, 0.4) is 0 Å². The van der Waals surface area contributed by atoms with E-state index in [0.717, 1.165) is 12.0 Å². The molecule has 3 unspecified atom stereocenters. The number of carbonyl (C=O) groups is 1. The van der Waals surface area contributed by atoms with Crippen molar-refractivity contribution in [3.8, 4) is 0 Å². The molecule has 2 aliphatic carbocycles. The summed E-state index contributed by atoms with van der Waals surface area (Å²) in [6.45, 7) is 8.89. The normalized spacial score (nSPS) is 44.6. The highest BCUT2D eigenvalue weighted by atomic mass is 16.5. The van der Waals surface area contributed by atoms with Crippen LogP contribution in [0.4, 0.5) is 0 Å². The second-order valence-electron chi connectivity index (χ2n) is 6.81. The Morgan fingerprint density at radius 1 is 1.25 bits per heavy atom. The lowest BCUT2D eigenvalue weighted by atomic mass is 9.81. The van der Waals surface area contributed by atoms with Crippen molar-refractivity contribution in [2.45, 2.75) is 53.1 Å². The third-order valence-electron chi connectivity index (χ3n) is 4.75. The number of cyclic esters (lactones) is 1. The maximum absolute atomic E-state index is 11.9. The Morgan fingerprint density at radius 3 is 2.62 bits per heavy atom. The molecule has 1 heterocycles. The number of fused-ring (bicyclic) bond motifs is 2. The zero-order valence-electron chi connectivity index (χ0n) is 10.6. The van der Waals surface area contributed by atoms with Gasteiger partial charge >= 0.3 is 5.97 Å². The number of hydrogen-bond donors (Lipinski definition) is 0. The molecule has 3 atom stereocenters. The molecule has 3 rings (SSSR count). The first-order valence-electron chi connectivity index (χ1n) is 6.28. The molecule has 0 spiro atoms. The van der Waals surface area contributed by atoms with Crippen molar-refractivity contribution < 1.29 is 9.53 Å². The van der Waals surface area contributed by atoms with Crippen molar-refractivity contribution >= 4 is 5.97 Å². The van der Waals surface area contributed by atoms with Crippen LogP contribution in [0.15, 0.2) is 11.1 Å². The molecule has 0 radical (unpaired) electrons. The first-order valence-corrected chi connectivity index (χ1v) is 6.28. The van der Waals surface area contributed by atoms with E-state index in [0.29, 0.717) is 11.3 Å². The second kappa shape index (κ2) is 2.72. The van der Waals surface area contributed by atoms with E-state index in [1.54, 1.807) is 0 Å². The maximum atomic E-state index is 11.9. The predicted molar refractivity (Wildman–Crippen MR) is 61.8 cm³/mol. The topological polar surface area (TPSA) is 26.3 Å². The molecule has 1 aliphatic heterocycles. The van der Waals surface area contributed by atoms with Crippen LogP contribution >= 0.6 is 0 Å². The molecule has 0 bridgehead atoms. The fraction of sp³-hybridized carbons (Fsp3) is 0.786. The Morgan fingerprint density at radius 2 is 1.94 bits per heavy atom. The fourth-order valence-corrected chi connectivity index (χ4v) is 3.77. The lowest BCUT2D eigenvalue weighted by Crippen LogP contribution is -2.17. The van der Waals surface area contributed by atoms with Crippen molar-refractivity contribution in [3.63, 3.8) is 0 Å². The van der Waals surface area contributed by atoms with Crippen LogP contribution in [-0.4, -0.2) is 12.1 Å². The predicted octanol–water partition coefficient (Wildman–Crippen LogP) is 3.07. The van der Waals surface area contributed by atoms with Crippen molar-refractivity contribution in [1.29, 1.82) is 0 Å². The van der Waals surface area contributed by atoms with E-state index in [4.69, 9.17) is 4.74 Å². The molecule has 1 fully saturated rings. The lowest BCUT2D eigenvalue weighted by molar-refractivity contribution is -0.139. The van der Waals surface area contributed by atoms with Gasteiger partial charge in [-0.25, -0.2) is 4.79 Å². The van der Waals surface area contributed by atoms with Gasteiger partial charge in [0.05, 0.1) is 0 Å². The largest absolute Gasteiger partial charge is 0.455 e. The molecule has 0 aromatic heterocycles. The van der Waals surface area contributed by atoms with E-state index in [-0.39, 0.29) is 17.5 Å². The third-order valence-corrected chi connectivity index (χ3v) is 4.75. The highest BCUT2D eigenvalue weighted by Crippen LogP contribution is 2.66. The van der Waals surface area contributed by atoms with Gasteiger partial charge in [-0.3, -0.25) is 0 Å². The summed E-state index contributed by atoms with van der Waals surface area (Å²) in [7, 11) is 0. The van der Waals surface area contributed by atoms with E-state index in [9.17, 15) is 4.79 Å². The molecule has 0 aromatic rings. The average Bonchev–Trinajstić information content (AvgIpc) is 2.64. The van der Waals surface area contributed by atoms with Gasteiger partial charge in [-0.2, -0.15) is 0 Å². The summed E-state index contributed by atoms with van der Waals surface area (Å²) < 4.78 is 5.41. The van der Waals surface area contributed by atoms with Gasteiger partial charge in [0, 0.05) is 11.0 Å². The van der Waals surface area contributed by atoms with E-state index >= 15 is 0 Å². The Labute approximate surface area is 97.1 Å². The molecule has 0 amide bonds. The van der Waals surface area contributed by atoms with E-state index in [1.165, 1.54) is 18.4 Å². The molecule has 1 saturated carbocycles. The Balaban J connectivity index is 2.10. The molecule has 3 aliphatic rings. The van der Waals surface area contributed by atoms with Crippen LogP contribution < -0.4 is 0 Å². The summed E-state index contributed by atoms with van der Waals surface area (Å²) in [5, 5.41) is 0. The molecular weight excluding hydrogens is 200 g/mol. The van der Waals surface area contributed by atoms with Gasteiger partial charge in [-0.05, 0) is 43.1 Å². The summed E-state index contributed by atoms with van der Waals surface area (Å²) in [6, 6.07) is 0. The van der Waals surface area contributed by atoms with Crippen molar-refractivity contribution in [2.24, 2.45) is 16.7 Å². The third kappa shape index (κ3) is 1.22. The zero-order valence-corrected chi connectivity index (χ0v) is 10.6. The molecule has 2 nitrogen and oxygen atoms in total. The number of ether oxygens (including phenoxy) is 1. The monoisotopic (exact) mass is 220 g/mol. The minimum Gasteiger partial charge on any atom is -0.455 e. The molecule has 0 N–H and O–H groups in total. The van der Waals surface area contributed by atoms with E-state index < -0.39 is 0 Å². The highest BCUT2D eigenvalue weighted by Gasteiger charge is 2.60. The van der Waals surface area contributed by atoms with Gasteiger partial charge < -0.3 is 4.74 Å². The van der Waals surface area contributed by atoms with Crippen molar-refractivity contribution in [3.05, 3.63) is 11.1 Å². The van der Waals surface area contributed by atoms with Gasteiger partial charge in [0.1, 0.15) is 6.10 Å². The zero-order chi connectivity index (χ0) is 11.7. The van der Waals surface area contributed by atoms with Crippen molar-refractivity contribution in [2.75, 3.05) is 0 Å². The smallest absolute Gasteiger partial charge is 0.335 e. The summed E-state index contributed by atoms with van der Waals surface area (Å²) in [4.78, 5) is 11.9. The Bertz CT molecular complexity index is 405. The average molecular weight is 220 g/mol. The lowest BCUT2D eigenvalue weighted by Gasteiger charge is -2.25. The van der Waals surface area contributed by atoms with Crippen LogP contribution in [-0.2, 0) is 9.53 Å². The molecule has 0 aromatic carbocycles. The first-order chi connectivity index (χ1) is 7.33. The maximum Gasteiger partial charge on any atom is 0.335 e. The van der Waals surface area contributed by atoms with Crippen LogP contribution in [0, 0.1) is 16.7 Å². The first kappa shape index (κ1) is 10.4. The molecular formula is C14H20O2. The summed E-state index contributed by atoms with van der Waals surface area (Å²) in [6.07, 6.45) is 3.47. The van der Waals surface area contributed by atoms with Gasteiger partial charge in [0.2, 0.25) is 0 Å². The van der Waals surface area contributed by atoms with Gasteiger partial charge in [0.25, 0.3) is 0 Å². The number of rotatable bonds is 0. The minimum atomic E-state index is -0.0369.